The van der Waals surface area contributed by atoms with E-state index in [1.54, 1.807) is 25.3 Å². The Morgan fingerprint density at radius 1 is 1.29 bits per heavy atom. The molecule has 5 heteroatoms. The third kappa shape index (κ3) is 2.32. The van der Waals surface area contributed by atoms with E-state index in [-0.39, 0.29) is 5.75 Å². The minimum Gasteiger partial charge on any atom is -0.508 e. The number of phenols is 1. The molecule has 1 aliphatic carbocycles. The molecule has 3 rings (SSSR count). The van der Waals surface area contributed by atoms with Crippen LogP contribution in [-0.2, 0) is 9.53 Å². The monoisotopic (exact) mass is 300 g/mol. The summed E-state index contributed by atoms with van der Waals surface area (Å²) in [5.41, 5.74) is 2.83. The Morgan fingerprint density at radius 3 is 2.81 bits per heavy atom. The van der Waals surface area contributed by atoms with Crippen molar-refractivity contribution in [2.24, 2.45) is 0 Å². The highest BCUT2D eigenvalue weighted by Gasteiger charge is 2.22. The maximum Gasteiger partial charge on any atom is 0.328 e. The number of aromatic hydroxyl groups is 1. The van der Waals surface area contributed by atoms with Gasteiger partial charge in [0.05, 0.1) is 12.0 Å². The molecule has 2 aromatic rings. The third-order valence-corrected chi connectivity index (χ3v) is 4.21. The second kappa shape index (κ2) is 5.10. The summed E-state index contributed by atoms with van der Waals surface area (Å²) in [6, 6.07) is 6.75. The molecule has 2 N–H and O–H groups in total. The molecular weight excluding hydrogens is 288 g/mol. The van der Waals surface area contributed by atoms with Gasteiger partial charge in [-0.2, -0.15) is 0 Å². The molecule has 0 bridgehead atoms. The van der Waals surface area contributed by atoms with Crippen LogP contribution >= 0.6 is 11.3 Å². The molecule has 106 valence electrons. The molecule has 0 unspecified atom stereocenters. The molecule has 21 heavy (non-hydrogen) atoms. The van der Waals surface area contributed by atoms with Crippen molar-refractivity contribution in [2.45, 2.75) is 0 Å². The molecular formula is C16H12O4S. The van der Waals surface area contributed by atoms with E-state index < -0.39 is 5.97 Å². The lowest BCUT2D eigenvalue weighted by Gasteiger charge is -2.09. The van der Waals surface area contributed by atoms with Gasteiger partial charge < -0.3 is 14.9 Å². The molecule has 0 fully saturated rings. The Hall–Kier alpha value is -2.53. The fourth-order valence-electron chi connectivity index (χ4n) is 2.40. The van der Waals surface area contributed by atoms with Crippen molar-refractivity contribution in [3.05, 3.63) is 57.3 Å². The normalized spacial score (nSPS) is 14.9. The molecule has 1 aliphatic rings. The van der Waals surface area contributed by atoms with Crippen LogP contribution in [0.2, 0.25) is 0 Å². The van der Waals surface area contributed by atoms with Crippen molar-refractivity contribution >= 4 is 34.7 Å². The predicted molar refractivity (Wildman–Crippen MR) is 82.0 cm³/mol. The average molecular weight is 300 g/mol. The zero-order valence-corrected chi connectivity index (χ0v) is 12.0. The first kappa shape index (κ1) is 13.5. The lowest BCUT2D eigenvalue weighted by molar-refractivity contribution is -0.131. The van der Waals surface area contributed by atoms with E-state index in [4.69, 9.17) is 9.84 Å². The van der Waals surface area contributed by atoms with Gasteiger partial charge in [-0.15, -0.1) is 11.3 Å². The number of ether oxygens (including phenoxy) is 1. The van der Waals surface area contributed by atoms with Crippen LogP contribution in [0, 0.1) is 0 Å². The summed E-state index contributed by atoms with van der Waals surface area (Å²) in [6.07, 6.45) is 3.02. The molecule has 4 nitrogen and oxygen atoms in total. The number of carbonyl (C=O) groups is 1. The first-order chi connectivity index (χ1) is 10.1. The van der Waals surface area contributed by atoms with Crippen LogP contribution in [0.1, 0.15) is 21.6 Å². The fraction of sp³-hybridized carbons (Fsp3) is 0.0625. The lowest BCUT2D eigenvalue weighted by Crippen LogP contribution is -1.96. The van der Waals surface area contributed by atoms with E-state index >= 15 is 0 Å². The van der Waals surface area contributed by atoms with Gasteiger partial charge >= 0.3 is 5.97 Å². The fourth-order valence-corrected chi connectivity index (χ4v) is 3.30. The van der Waals surface area contributed by atoms with E-state index in [1.807, 2.05) is 17.5 Å². The van der Waals surface area contributed by atoms with Crippen LogP contribution in [0.5, 0.6) is 5.75 Å². The SMILES string of the molecule is COC1=Cc2ccc(O)cc2/C(=C/C(=O)O)c2ccsc21. The highest BCUT2D eigenvalue weighted by atomic mass is 32.1. The molecule has 0 amide bonds. The number of aliphatic carboxylic acids is 1. The van der Waals surface area contributed by atoms with Gasteiger partial charge in [0, 0.05) is 11.6 Å². The van der Waals surface area contributed by atoms with Crippen LogP contribution in [0.4, 0.5) is 0 Å². The van der Waals surface area contributed by atoms with Gasteiger partial charge in [0.25, 0.3) is 0 Å². The van der Waals surface area contributed by atoms with Gasteiger partial charge in [0.1, 0.15) is 11.5 Å². The van der Waals surface area contributed by atoms with Gasteiger partial charge in [-0.25, -0.2) is 4.79 Å². The number of thiophene rings is 1. The number of methoxy groups -OCH3 is 1. The minimum atomic E-state index is -1.03. The van der Waals surface area contributed by atoms with Crippen molar-refractivity contribution in [1.82, 2.24) is 0 Å². The Balaban J connectivity index is 2.37. The van der Waals surface area contributed by atoms with E-state index in [0.29, 0.717) is 16.9 Å². The summed E-state index contributed by atoms with van der Waals surface area (Å²) in [5.74, 6) is -0.255. The first-order valence-corrected chi connectivity index (χ1v) is 7.10. The minimum absolute atomic E-state index is 0.0936. The largest absolute Gasteiger partial charge is 0.508 e. The quantitative estimate of drug-likeness (QED) is 0.834. The van der Waals surface area contributed by atoms with E-state index in [2.05, 4.69) is 0 Å². The van der Waals surface area contributed by atoms with E-state index in [1.165, 1.54) is 11.3 Å². The Bertz CT molecular complexity index is 783. The maximum atomic E-state index is 11.2. The molecule has 0 spiro atoms. The standard InChI is InChI=1S/C16H12O4S/c1-20-14-6-9-2-3-10(17)7-12(9)13(8-15(18)19)11-4-5-21-16(11)14/h2-8,17H,1H3,(H,18,19)/b13-8+. The molecule has 1 heterocycles. The molecule has 0 saturated carbocycles. The number of carboxylic acid groups (broad SMARTS) is 1. The number of fused-ring (bicyclic) bond motifs is 2. The highest BCUT2D eigenvalue weighted by molar-refractivity contribution is 7.11. The summed E-state index contributed by atoms with van der Waals surface area (Å²) in [4.78, 5) is 12.0. The molecule has 1 aromatic heterocycles. The van der Waals surface area contributed by atoms with Crippen LogP contribution in [0.15, 0.2) is 35.7 Å². The van der Waals surface area contributed by atoms with Crippen LogP contribution in [0.3, 0.4) is 0 Å². The summed E-state index contributed by atoms with van der Waals surface area (Å²) < 4.78 is 5.43. The topological polar surface area (TPSA) is 66.8 Å². The van der Waals surface area contributed by atoms with E-state index in [9.17, 15) is 9.90 Å². The summed E-state index contributed by atoms with van der Waals surface area (Å²) in [5, 5.41) is 20.8. The predicted octanol–water partition coefficient (Wildman–Crippen LogP) is 3.43. The van der Waals surface area contributed by atoms with Gasteiger partial charge in [-0.3, -0.25) is 0 Å². The van der Waals surface area contributed by atoms with Crippen molar-refractivity contribution in [3.63, 3.8) is 0 Å². The number of carboxylic acids is 1. The number of benzene rings is 1. The number of hydrogen-bond donors (Lipinski definition) is 2. The van der Waals surface area contributed by atoms with Crippen molar-refractivity contribution < 1.29 is 19.7 Å². The Morgan fingerprint density at radius 2 is 2.10 bits per heavy atom. The second-order valence-corrected chi connectivity index (χ2v) is 5.46. The molecule has 0 radical (unpaired) electrons. The van der Waals surface area contributed by atoms with E-state index in [0.717, 1.165) is 22.1 Å². The molecule has 0 saturated heterocycles. The van der Waals surface area contributed by atoms with Crippen LogP contribution in [0.25, 0.3) is 17.4 Å². The molecule has 1 aromatic carbocycles. The van der Waals surface area contributed by atoms with Crippen LogP contribution < -0.4 is 0 Å². The van der Waals surface area contributed by atoms with Gasteiger partial charge in [-0.1, -0.05) is 6.07 Å². The van der Waals surface area contributed by atoms with Crippen molar-refractivity contribution in [1.29, 1.82) is 0 Å². The number of phenolic OH excluding ortho intramolecular Hbond substituents is 1. The number of hydrogen-bond acceptors (Lipinski definition) is 4. The zero-order chi connectivity index (χ0) is 15.0. The van der Waals surface area contributed by atoms with Crippen LogP contribution in [-0.4, -0.2) is 23.3 Å². The number of rotatable bonds is 2. The third-order valence-electron chi connectivity index (χ3n) is 3.28. The average Bonchev–Trinajstić information content (AvgIpc) is 2.88. The first-order valence-electron chi connectivity index (χ1n) is 6.22. The Labute approximate surface area is 125 Å². The maximum absolute atomic E-state index is 11.2. The summed E-state index contributed by atoms with van der Waals surface area (Å²) in [6.45, 7) is 0. The Kier molecular flexibility index (Phi) is 3.27. The van der Waals surface area contributed by atoms with Gasteiger partial charge in [0.2, 0.25) is 0 Å². The molecule has 0 atom stereocenters. The van der Waals surface area contributed by atoms with Crippen molar-refractivity contribution in [3.8, 4) is 5.75 Å². The smallest absolute Gasteiger partial charge is 0.328 e. The molecule has 0 aliphatic heterocycles. The van der Waals surface area contributed by atoms with Gasteiger partial charge in [-0.05, 0) is 46.4 Å². The van der Waals surface area contributed by atoms with Gasteiger partial charge in [0.15, 0.2) is 0 Å². The highest BCUT2D eigenvalue weighted by Crippen LogP contribution is 2.41. The zero-order valence-electron chi connectivity index (χ0n) is 11.2. The summed E-state index contributed by atoms with van der Waals surface area (Å²) >= 11 is 1.49. The lowest BCUT2D eigenvalue weighted by atomic mass is 9.95. The summed E-state index contributed by atoms with van der Waals surface area (Å²) in [7, 11) is 1.58. The second-order valence-electron chi connectivity index (χ2n) is 4.54. The van der Waals surface area contributed by atoms with Crippen molar-refractivity contribution in [2.75, 3.05) is 7.11 Å².